The molecule has 2 N–H and O–H groups in total. The lowest BCUT2D eigenvalue weighted by molar-refractivity contribution is 0.594. The minimum absolute atomic E-state index is 0.0471. The third-order valence-corrected chi connectivity index (χ3v) is 3.33. The molecule has 1 rings (SSSR count). The van der Waals surface area contributed by atoms with Crippen LogP contribution in [0.5, 0.6) is 0 Å². The van der Waals surface area contributed by atoms with E-state index in [1.54, 1.807) is 0 Å². The molecule has 0 spiro atoms. The summed E-state index contributed by atoms with van der Waals surface area (Å²) in [5.41, 5.74) is 0. The van der Waals surface area contributed by atoms with Crippen molar-refractivity contribution in [3.63, 3.8) is 0 Å². The van der Waals surface area contributed by atoms with E-state index in [4.69, 9.17) is 5.14 Å². The summed E-state index contributed by atoms with van der Waals surface area (Å²) >= 11 is 5.73. The zero-order valence-electron chi connectivity index (χ0n) is 6.09. The lowest BCUT2D eigenvalue weighted by Gasteiger charge is -2.01. The Morgan fingerprint density at radius 3 is 1.92 bits per heavy atom. The maximum Gasteiger partial charge on any atom is 0.238 e. The molecule has 0 bridgehead atoms. The molecular weight excluding hydrogens is 329 g/mol. The molecule has 3 nitrogen and oxygen atoms in total. The molecule has 1 aromatic rings. The first-order chi connectivity index (χ1) is 5.82. The maximum absolute atomic E-state index is 13.0. The van der Waals surface area contributed by atoms with Gasteiger partial charge in [-0.2, -0.15) is 0 Å². The van der Waals surface area contributed by atoms with Crippen molar-refractivity contribution in [2.24, 2.45) is 5.14 Å². The summed E-state index contributed by atoms with van der Waals surface area (Å²) in [5, 5.41) is 4.85. The highest BCUT2D eigenvalue weighted by molar-refractivity contribution is 9.11. The molecule has 72 valence electrons. The highest BCUT2D eigenvalue weighted by atomic mass is 79.9. The van der Waals surface area contributed by atoms with E-state index >= 15 is 0 Å². The molecule has 0 saturated carbocycles. The van der Waals surface area contributed by atoms with Crippen LogP contribution in [-0.4, -0.2) is 8.42 Å². The zero-order chi connectivity index (χ0) is 10.2. The Labute approximate surface area is 91.4 Å². The van der Waals surface area contributed by atoms with Gasteiger partial charge < -0.3 is 0 Å². The zero-order valence-corrected chi connectivity index (χ0v) is 10.1. The average molecular weight is 333 g/mol. The largest absolute Gasteiger partial charge is 0.238 e. The molecule has 0 amide bonds. The fourth-order valence-corrected chi connectivity index (χ4v) is 2.75. The van der Waals surface area contributed by atoms with Gasteiger partial charge in [-0.25, -0.2) is 17.9 Å². The molecular formula is C6H4Br2FNO2S. The first kappa shape index (κ1) is 11.1. The van der Waals surface area contributed by atoms with Gasteiger partial charge in [-0.1, -0.05) is 0 Å². The second-order valence-electron chi connectivity index (χ2n) is 2.25. The van der Waals surface area contributed by atoms with Gasteiger partial charge >= 0.3 is 0 Å². The van der Waals surface area contributed by atoms with Crippen LogP contribution in [0.1, 0.15) is 0 Å². The Bertz CT molecular complexity index is 423. The van der Waals surface area contributed by atoms with Crippen molar-refractivity contribution in [2.75, 3.05) is 0 Å². The van der Waals surface area contributed by atoms with E-state index in [9.17, 15) is 12.8 Å². The van der Waals surface area contributed by atoms with Crippen LogP contribution in [0.3, 0.4) is 0 Å². The molecule has 0 fully saturated rings. The average Bonchev–Trinajstić information content (AvgIpc) is 1.97. The predicted molar refractivity (Wildman–Crippen MR) is 53.2 cm³/mol. The third-order valence-electron chi connectivity index (χ3n) is 1.29. The fraction of sp³-hybridized carbons (Fsp3) is 0. The molecule has 13 heavy (non-hydrogen) atoms. The summed E-state index contributed by atoms with van der Waals surface area (Å²) in [7, 11) is -3.79. The lowest BCUT2D eigenvalue weighted by atomic mass is 10.3. The first-order valence-electron chi connectivity index (χ1n) is 2.99. The minimum Gasteiger partial charge on any atom is -0.225 e. The Kier molecular flexibility index (Phi) is 3.11. The van der Waals surface area contributed by atoms with Gasteiger partial charge in [0.2, 0.25) is 10.0 Å². The number of hydrogen-bond donors (Lipinski definition) is 1. The second kappa shape index (κ2) is 3.64. The molecule has 0 heterocycles. The van der Waals surface area contributed by atoms with Crippen LogP contribution in [0.4, 0.5) is 4.39 Å². The van der Waals surface area contributed by atoms with Crippen molar-refractivity contribution >= 4 is 41.9 Å². The number of halogens is 3. The maximum atomic E-state index is 13.0. The van der Waals surface area contributed by atoms with E-state index in [-0.39, 0.29) is 13.8 Å². The second-order valence-corrected chi connectivity index (χ2v) is 5.52. The van der Waals surface area contributed by atoms with Gasteiger partial charge in [0.1, 0.15) is 0 Å². The number of rotatable bonds is 1. The highest BCUT2D eigenvalue weighted by Crippen LogP contribution is 2.26. The third kappa shape index (κ3) is 2.49. The number of sulfonamides is 1. The number of benzene rings is 1. The molecule has 1 aromatic carbocycles. The summed E-state index contributed by atoms with van der Waals surface area (Å²) in [5.74, 6) is -0.563. The van der Waals surface area contributed by atoms with Crippen LogP contribution >= 0.6 is 31.9 Å². The van der Waals surface area contributed by atoms with Crippen molar-refractivity contribution < 1.29 is 12.8 Å². The van der Waals surface area contributed by atoms with Gasteiger partial charge in [-0.05, 0) is 44.0 Å². The molecule has 0 unspecified atom stereocenters. The van der Waals surface area contributed by atoms with E-state index in [2.05, 4.69) is 31.9 Å². The van der Waals surface area contributed by atoms with Crippen LogP contribution in [0, 0.1) is 5.82 Å². The van der Waals surface area contributed by atoms with Crippen molar-refractivity contribution in [1.29, 1.82) is 0 Å². The summed E-state index contributed by atoms with van der Waals surface area (Å²) < 4.78 is 34.8. The molecule has 0 aliphatic carbocycles. The van der Waals surface area contributed by atoms with Crippen molar-refractivity contribution in [3.05, 3.63) is 26.9 Å². The van der Waals surface area contributed by atoms with Crippen LogP contribution in [-0.2, 0) is 10.0 Å². The standard InChI is InChI=1S/C6H4Br2FNO2S/c7-4-1-3(13(10,11)12)2-5(8)6(4)9/h1-2H,(H2,10,11,12). The number of nitrogens with two attached hydrogens (primary N) is 1. The highest BCUT2D eigenvalue weighted by Gasteiger charge is 2.13. The lowest BCUT2D eigenvalue weighted by Crippen LogP contribution is -2.12. The normalized spacial score (nSPS) is 11.7. The molecule has 0 aromatic heterocycles. The number of primary sulfonamides is 1. The SMILES string of the molecule is NS(=O)(=O)c1cc(Br)c(F)c(Br)c1. The van der Waals surface area contributed by atoms with E-state index < -0.39 is 15.8 Å². The predicted octanol–water partition coefficient (Wildman–Crippen LogP) is 2.00. The van der Waals surface area contributed by atoms with Crippen LogP contribution in [0.2, 0.25) is 0 Å². The molecule has 0 aliphatic rings. The van der Waals surface area contributed by atoms with Crippen LogP contribution in [0.15, 0.2) is 26.0 Å². The Balaban J connectivity index is 3.47. The summed E-state index contributed by atoms with van der Waals surface area (Å²) in [4.78, 5) is -0.146. The van der Waals surface area contributed by atoms with Gasteiger partial charge in [0.05, 0.1) is 13.8 Å². The van der Waals surface area contributed by atoms with Crippen molar-refractivity contribution in [2.45, 2.75) is 4.90 Å². The smallest absolute Gasteiger partial charge is 0.225 e. The van der Waals surface area contributed by atoms with Gasteiger partial charge in [-0.3, -0.25) is 0 Å². The molecule has 0 saturated heterocycles. The topological polar surface area (TPSA) is 60.2 Å². The molecule has 0 radical (unpaired) electrons. The first-order valence-corrected chi connectivity index (χ1v) is 6.13. The van der Waals surface area contributed by atoms with Crippen LogP contribution in [0.25, 0.3) is 0 Å². The molecule has 0 aliphatic heterocycles. The van der Waals surface area contributed by atoms with Crippen molar-refractivity contribution in [1.82, 2.24) is 0 Å². The summed E-state index contributed by atoms with van der Waals surface area (Å²) in [6.07, 6.45) is 0. The van der Waals surface area contributed by atoms with E-state index in [0.717, 1.165) is 12.1 Å². The Hall–Kier alpha value is 0.0200. The quantitative estimate of drug-likeness (QED) is 0.799. The van der Waals surface area contributed by atoms with Crippen molar-refractivity contribution in [3.8, 4) is 0 Å². The molecule has 7 heteroatoms. The van der Waals surface area contributed by atoms with Gasteiger partial charge in [0.15, 0.2) is 5.82 Å². The monoisotopic (exact) mass is 331 g/mol. The van der Waals surface area contributed by atoms with Gasteiger partial charge in [0, 0.05) is 0 Å². The van der Waals surface area contributed by atoms with Gasteiger partial charge in [0.25, 0.3) is 0 Å². The fourth-order valence-electron chi connectivity index (χ4n) is 0.697. The molecule has 0 atom stereocenters. The Morgan fingerprint density at radius 2 is 1.62 bits per heavy atom. The number of hydrogen-bond acceptors (Lipinski definition) is 2. The van der Waals surface area contributed by atoms with E-state index in [0.29, 0.717) is 0 Å². The Morgan fingerprint density at radius 1 is 1.23 bits per heavy atom. The minimum atomic E-state index is -3.79. The van der Waals surface area contributed by atoms with E-state index in [1.807, 2.05) is 0 Å². The van der Waals surface area contributed by atoms with E-state index in [1.165, 1.54) is 0 Å². The van der Waals surface area contributed by atoms with Crippen LogP contribution < -0.4 is 5.14 Å². The summed E-state index contributed by atoms with van der Waals surface area (Å²) in [6, 6.07) is 2.21. The van der Waals surface area contributed by atoms with Gasteiger partial charge in [-0.15, -0.1) is 0 Å². The summed E-state index contributed by atoms with van der Waals surface area (Å²) in [6.45, 7) is 0.